The quantitative estimate of drug-likeness (QED) is 0.278. The van der Waals surface area contributed by atoms with Crippen LogP contribution in [0.15, 0.2) is 36.1 Å². The van der Waals surface area contributed by atoms with Crippen LogP contribution in [0.3, 0.4) is 0 Å². The monoisotopic (exact) mass is 164 g/mol. The van der Waals surface area contributed by atoms with Gasteiger partial charge in [0, 0.05) is 10.6 Å². The van der Waals surface area contributed by atoms with E-state index >= 15 is 0 Å². The molecule has 0 saturated carbocycles. The average Bonchev–Trinajstić information content (AvgIpc) is 2.36. The molecule has 0 unspecified atom stereocenters. The summed E-state index contributed by atoms with van der Waals surface area (Å²) in [5, 5.41) is 3.39. The van der Waals surface area contributed by atoms with Crippen molar-refractivity contribution in [3.05, 3.63) is 41.4 Å². The Bertz CT molecular complexity index is 331. The van der Waals surface area contributed by atoms with E-state index in [1.165, 1.54) is 0 Å². The summed E-state index contributed by atoms with van der Waals surface area (Å²) in [5.41, 5.74) is 8.61. The molecule has 1 heterocycles. The first-order chi connectivity index (χ1) is 5.72. The highest BCUT2D eigenvalue weighted by molar-refractivity contribution is 4.92. The molecule has 1 aromatic heterocycles. The molecule has 1 rings (SSSR count). The molecule has 12 heavy (non-hydrogen) atoms. The van der Waals surface area contributed by atoms with Gasteiger partial charge in [0.2, 0.25) is 6.33 Å². The largest absolute Gasteiger partial charge is 0.243 e. The van der Waals surface area contributed by atoms with Crippen LogP contribution >= 0.6 is 0 Å². The average molecular weight is 164 g/mol. The third-order valence-electron chi connectivity index (χ3n) is 1.37. The van der Waals surface area contributed by atoms with Crippen LogP contribution in [0.1, 0.15) is 0 Å². The predicted octanol–water partition coefficient (Wildman–Crippen LogP) is 1.14. The van der Waals surface area contributed by atoms with Gasteiger partial charge in [0.15, 0.2) is 0 Å². The molecule has 0 aliphatic rings. The molecule has 1 aromatic rings. The van der Waals surface area contributed by atoms with Crippen LogP contribution in [0.5, 0.6) is 0 Å². The van der Waals surface area contributed by atoms with Gasteiger partial charge in [0.1, 0.15) is 18.9 Å². The van der Waals surface area contributed by atoms with Gasteiger partial charge in [-0.3, -0.25) is 0 Å². The van der Waals surface area contributed by atoms with Gasteiger partial charge >= 0.3 is 0 Å². The zero-order valence-electron chi connectivity index (χ0n) is 6.88. The fourth-order valence-electron chi connectivity index (χ4n) is 0.901. The molecular weight excluding hydrogens is 154 g/mol. The maximum atomic E-state index is 8.10. The van der Waals surface area contributed by atoms with Gasteiger partial charge in [-0.25, -0.2) is 9.13 Å². The Morgan fingerprint density at radius 3 is 3.08 bits per heavy atom. The summed E-state index contributed by atoms with van der Waals surface area (Å²) in [6.45, 7) is 4.13. The number of hydrogen-bond donors (Lipinski definition) is 0. The Kier molecular flexibility index (Phi) is 2.50. The molecule has 62 valence electrons. The van der Waals surface area contributed by atoms with Crippen molar-refractivity contribution in [2.75, 3.05) is 0 Å². The molecule has 5 heteroatoms. The molecule has 0 spiro atoms. The first-order valence-corrected chi connectivity index (χ1v) is 3.46. The van der Waals surface area contributed by atoms with E-state index in [9.17, 15) is 0 Å². The van der Waals surface area contributed by atoms with E-state index in [0.29, 0.717) is 12.2 Å². The third-order valence-corrected chi connectivity index (χ3v) is 1.37. The summed E-state index contributed by atoms with van der Waals surface area (Å²) in [4.78, 5) is 2.64. The van der Waals surface area contributed by atoms with Crippen LogP contribution in [-0.2, 0) is 13.6 Å². The van der Waals surface area contributed by atoms with Crippen LogP contribution in [-0.4, -0.2) is 4.57 Å². The Balaban J connectivity index is 2.64. The van der Waals surface area contributed by atoms with E-state index in [2.05, 4.69) is 16.6 Å². The lowest BCUT2D eigenvalue weighted by molar-refractivity contribution is -0.671. The van der Waals surface area contributed by atoms with Crippen LogP contribution in [0.4, 0.5) is 0 Å². The van der Waals surface area contributed by atoms with E-state index in [4.69, 9.17) is 5.53 Å². The normalized spacial score (nSPS) is 9.08. The minimum absolute atomic E-state index is 0.508. The molecule has 5 nitrogen and oxygen atoms in total. The SMILES string of the molecule is C=C(Cn1cc[n+](C)c1)N=[N+]=[N-]. The highest BCUT2D eigenvalue weighted by atomic mass is 15.2. The van der Waals surface area contributed by atoms with Crippen molar-refractivity contribution in [3.8, 4) is 0 Å². The number of imidazole rings is 1. The summed E-state index contributed by atoms with van der Waals surface area (Å²) in [6, 6.07) is 0. The fraction of sp³-hybridized carbons (Fsp3) is 0.286. The third kappa shape index (κ3) is 2.14. The summed E-state index contributed by atoms with van der Waals surface area (Å²) in [5.74, 6) is 0. The number of aromatic nitrogens is 2. The first kappa shape index (κ1) is 8.36. The second-order valence-electron chi connectivity index (χ2n) is 2.51. The van der Waals surface area contributed by atoms with Gasteiger partial charge in [-0.05, 0) is 5.53 Å². The van der Waals surface area contributed by atoms with Crippen LogP contribution < -0.4 is 4.57 Å². The van der Waals surface area contributed by atoms with E-state index in [-0.39, 0.29) is 0 Å². The lowest BCUT2D eigenvalue weighted by atomic mass is 10.5. The van der Waals surface area contributed by atoms with Crippen molar-refractivity contribution in [1.82, 2.24) is 4.57 Å². The molecule has 0 bridgehead atoms. The molecule has 0 radical (unpaired) electrons. The molecular formula is C7H10N5+. The van der Waals surface area contributed by atoms with E-state index in [1.54, 1.807) is 0 Å². The highest BCUT2D eigenvalue weighted by Gasteiger charge is 1.99. The Morgan fingerprint density at radius 2 is 2.58 bits per heavy atom. The minimum atomic E-state index is 0.508. The fourth-order valence-corrected chi connectivity index (χ4v) is 0.901. The molecule has 0 aromatic carbocycles. The van der Waals surface area contributed by atoms with Crippen molar-refractivity contribution in [2.45, 2.75) is 6.54 Å². The zero-order chi connectivity index (χ0) is 8.97. The molecule has 0 aliphatic heterocycles. The number of aryl methyl sites for hydroxylation is 1. The van der Waals surface area contributed by atoms with Gasteiger partial charge in [-0.15, -0.1) is 0 Å². The van der Waals surface area contributed by atoms with Gasteiger partial charge in [-0.2, -0.15) is 0 Å². The molecule has 0 amide bonds. The summed E-state index contributed by atoms with van der Waals surface area (Å²) in [6.07, 6.45) is 5.68. The maximum absolute atomic E-state index is 8.10. The Hall–Kier alpha value is -1.74. The second kappa shape index (κ2) is 3.59. The van der Waals surface area contributed by atoms with E-state index < -0.39 is 0 Å². The highest BCUT2D eigenvalue weighted by Crippen LogP contribution is 1.97. The van der Waals surface area contributed by atoms with E-state index in [0.717, 1.165) is 0 Å². The Morgan fingerprint density at radius 1 is 1.83 bits per heavy atom. The van der Waals surface area contributed by atoms with Crippen LogP contribution in [0, 0.1) is 0 Å². The lowest BCUT2D eigenvalue weighted by Gasteiger charge is -1.91. The van der Waals surface area contributed by atoms with Crippen molar-refractivity contribution in [2.24, 2.45) is 12.2 Å². The molecule has 0 aliphatic carbocycles. The van der Waals surface area contributed by atoms with Crippen LogP contribution in [0.25, 0.3) is 10.4 Å². The minimum Gasteiger partial charge on any atom is -0.240 e. The summed E-state index contributed by atoms with van der Waals surface area (Å²) in [7, 11) is 1.92. The van der Waals surface area contributed by atoms with Gasteiger partial charge in [0.25, 0.3) is 0 Å². The smallest absolute Gasteiger partial charge is 0.240 e. The number of nitrogens with zero attached hydrogens (tertiary/aromatic N) is 5. The summed E-state index contributed by atoms with van der Waals surface area (Å²) >= 11 is 0. The number of hydrogen-bond acceptors (Lipinski definition) is 1. The van der Waals surface area contributed by atoms with Crippen molar-refractivity contribution in [1.29, 1.82) is 0 Å². The second-order valence-corrected chi connectivity index (χ2v) is 2.51. The maximum Gasteiger partial charge on any atom is 0.243 e. The predicted molar refractivity (Wildman–Crippen MR) is 43.9 cm³/mol. The Labute approximate surface area is 70.2 Å². The van der Waals surface area contributed by atoms with Gasteiger partial charge in [-0.1, -0.05) is 11.7 Å². The number of rotatable bonds is 3. The van der Waals surface area contributed by atoms with E-state index in [1.807, 2.05) is 34.9 Å². The molecule has 0 atom stereocenters. The molecule has 0 fully saturated rings. The standard InChI is InChI=1S/C7H10N5/c1-7(9-10-8)5-12-4-3-11(2)6-12/h3-4,6H,1,5H2,2H3/q+1. The van der Waals surface area contributed by atoms with Crippen LogP contribution in [0.2, 0.25) is 0 Å². The first-order valence-electron chi connectivity index (χ1n) is 3.46. The molecule has 0 N–H and O–H groups in total. The topological polar surface area (TPSA) is 57.6 Å². The van der Waals surface area contributed by atoms with Gasteiger partial charge < -0.3 is 0 Å². The number of allylic oxidation sites excluding steroid dienone is 1. The lowest BCUT2D eigenvalue weighted by Crippen LogP contribution is -2.23. The van der Waals surface area contributed by atoms with Crippen molar-refractivity contribution in [3.63, 3.8) is 0 Å². The van der Waals surface area contributed by atoms with Gasteiger partial charge in [0.05, 0.1) is 7.05 Å². The number of azide groups is 1. The zero-order valence-corrected chi connectivity index (χ0v) is 6.88. The van der Waals surface area contributed by atoms with Crippen molar-refractivity contribution >= 4 is 0 Å². The molecule has 0 saturated heterocycles. The van der Waals surface area contributed by atoms with Crippen molar-refractivity contribution < 1.29 is 4.57 Å². The summed E-state index contributed by atoms with van der Waals surface area (Å²) < 4.78 is 3.79.